The summed E-state index contributed by atoms with van der Waals surface area (Å²) in [6, 6.07) is 13.4. The Kier molecular flexibility index (Phi) is 4.47. The first kappa shape index (κ1) is 17.7. The van der Waals surface area contributed by atoms with E-state index in [1.807, 2.05) is 36.4 Å². The highest BCUT2D eigenvalue weighted by atomic mass is 32.2. The van der Waals surface area contributed by atoms with E-state index in [4.69, 9.17) is 0 Å². The molecule has 2 aromatic carbocycles. The number of sulfone groups is 1. The molecule has 0 saturated carbocycles. The second kappa shape index (κ2) is 6.81. The molecule has 7 heteroatoms. The van der Waals surface area contributed by atoms with Gasteiger partial charge in [-0.15, -0.1) is 0 Å². The van der Waals surface area contributed by atoms with Gasteiger partial charge in [0.2, 0.25) is 5.91 Å². The molecule has 0 bridgehead atoms. The Bertz CT molecular complexity index is 1130. The lowest BCUT2D eigenvalue weighted by Gasteiger charge is -2.11. The smallest absolute Gasteiger partial charge is 0.244 e. The van der Waals surface area contributed by atoms with Gasteiger partial charge in [0.1, 0.15) is 18.1 Å². The number of benzene rings is 2. The van der Waals surface area contributed by atoms with Crippen molar-refractivity contribution in [1.82, 2.24) is 9.55 Å². The number of fused-ring (bicyclic) bond motifs is 2. The molecule has 4 rings (SSSR count). The van der Waals surface area contributed by atoms with Crippen LogP contribution in [0.2, 0.25) is 0 Å². The molecule has 1 heterocycles. The number of aromatic nitrogens is 2. The second-order valence-electron chi connectivity index (χ2n) is 7.06. The number of imidazole rings is 1. The number of hydrogen-bond acceptors (Lipinski definition) is 4. The molecule has 0 saturated heterocycles. The quantitative estimate of drug-likeness (QED) is 0.734. The van der Waals surface area contributed by atoms with E-state index in [9.17, 15) is 13.2 Å². The molecule has 0 atom stereocenters. The van der Waals surface area contributed by atoms with Gasteiger partial charge in [-0.25, -0.2) is 13.4 Å². The zero-order valence-corrected chi connectivity index (χ0v) is 15.9. The molecule has 0 aliphatic heterocycles. The monoisotopic (exact) mass is 383 g/mol. The fourth-order valence-corrected chi connectivity index (χ4v) is 4.33. The molecule has 6 nitrogen and oxygen atoms in total. The van der Waals surface area contributed by atoms with Crippen molar-refractivity contribution >= 4 is 32.5 Å². The summed E-state index contributed by atoms with van der Waals surface area (Å²) >= 11 is 0. The number of para-hydroxylation sites is 2. The average molecular weight is 383 g/mol. The highest BCUT2D eigenvalue weighted by molar-refractivity contribution is 7.89. The standard InChI is InChI=1S/C20H21N3O3S/c1-27(25,26)13-19-22-17-7-2-3-8-18(17)23(19)12-20(24)21-16-10-9-14-5-4-6-15(14)11-16/h2-3,7-11H,4-6,12-13H2,1H3,(H,21,24). The molecular formula is C20H21N3O3S. The molecule has 0 radical (unpaired) electrons. The van der Waals surface area contributed by atoms with Crippen molar-refractivity contribution in [2.75, 3.05) is 11.6 Å². The normalized spacial score (nSPS) is 13.7. The Balaban J connectivity index is 1.60. The lowest BCUT2D eigenvalue weighted by Crippen LogP contribution is -2.21. The highest BCUT2D eigenvalue weighted by Crippen LogP contribution is 2.25. The number of carbonyl (C=O) groups is 1. The van der Waals surface area contributed by atoms with E-state index in [0.717, 1.165) is 30.5 Å². The van der Waals surface area contributed by atoms with E-state index in [2.05, 4.69) is 16.4 Å². The molecule has 1 aromatic heterocycles. The van der Waals surface area contributed by atoms with E-state index in [0.29, 0.717) is 11.3 Å². The number of amides is 1. The SMILES string of the molecule is CS(=O)(=O)Cc1nc2ccccc2n1CC(=O)Nc1ccc2c(c1)CCC2. The molecule has 0 fully saturated rings. The lowest BCUT2D eigenvalue weighted by atomic mass is 10.1. The molecule has 1 aliphatic carbocycles. The lowest BCUT2D eigenvalue weighted by molar-refractivity contribution is -0.116. The van der Waals surface area contributed by atoms with Gasteiger partial charge in [-0.3, -0.25) is 4.79 Å². The maximum absolute atomic E-state index is 12.6. The van der Waals surface area contributed by atoms with Crippen molar-refractivity contribution in [3.63, 3.8) is 0 Å². The Morgan fingerprint density at radius 1 is 1.15 bits per heavy atom. The third kappa shape index (κ3) is 3.88. The van der Waals surface area contributed by atoms with Crippen LogP contribution in [-0.4, -0.2) is 30.1 Å². The Labute approximate surface area is 158 Å². The summed E-state index contributed by atoms with van der Waals surface area (Å²) in [6.45, 7) is 0.0163. The van der Waals surface area contributed by atoms with Crippen LogP contribution in [0.15, 0.2) is 42.5 Å². The molecule has 0 unspecified atom stereocenters. The number of nitrogens with zero attached hydrogens (tertiary/aromatic N) is 2. The first-order valence-corrected chi connectivity index (χ1v) is 11.0. The van der Waals surface area contributed by atoms with E-state index in [-0.39, 0.29) is 18.2 Å². The third-order valence-corrected chi connectivity index (χ3v) is 5.59. The predicted octanol–water partition coefficient (Wildman–Crippen LogP) is 2.71. The zero-order valence-electron chi connectivity index (χ0n) is 15.1. The molecular weight excluding hydrogens is 362 g/mol. The summed E-state index contributed by atoms with van der Waals surface area (Å²) in [4.78, 5) is 17.0. The fourth-order valence-electron chi connectivity index (χ4n) is 3.64. The van der Waals surface area contributed by atoms with Gasteiger partial charge in [0.25, 0.3) is 0 Å². The van der Waals surface area contributed by atoms with Crippen LogP contribution in [0.1, 0.15) is 23.4 Å². The van der Waals surface area contributed by atoms with Crippen LogP contribution in [0.3, 0.4) is 0 Å². The van der Waals surface area contributed by atoms with Crippen molar-refractivity contribution in [3.8, 4) is 0 Å². The predicted molar refractivity (Wildman–Crippen MR) is 105 cm³/mol. The fraction of sp³-hybridized carbons (Fsp3) is 0.300. The Morgan fingerprint density at radius 3 is 2.74 bits per heavy atom. The summed E-state index contributed by atoms with van der Waals surface area (Å²) < 4.78 is 25.2. The van der Waals surface area contributed by atoms with Gasteiger partial charge in [-0.05, 0) is 54.7 Å². The van der Waals surface area contributed by atoms with Crippen LogP contribution in [0, 0.1) is 0 Å². The zero-order chi connectivity index (χ0) is 19.0. The first-order valence-electron chi connectivity index (χ1n) is 8.92. The minimum atomic E-state index is -3.26. The minimum absolute atomic E-state index is 0.0163. The molecule has 0 spiro atoms. The minimum Gasteiger partial charge on any atom is -0.325 e. The summed E-state index contributed by atoms with van der Waals surface area (Å²) in [6.07, 6.45) is 4.47. The van der Waals surface area contributed by atoms with Gasteiger partial charge in [-0.2, -0.15) is 0 Å². The number of anilines is 1. The van der Waals surface area contributed by atoms with Crippen LogP contribution in [0.5, 0.6) is 0 Å². The number of carbonyl (C=O) groups excluding carboxylic acids is 1. The van der Waals surface area contributed by atoms with Crippen LogP contribution in [-0.2, 0) is 39.8 Å². The maximum atomic E-state index is 12.6. The van der Waals surface area contributed by atoms with Crippen LogP contribution in [0.25, 0.3) is 11.0 Å². The van der Waals surface area contributed by atoms with E-state index in [1.165, 1.54) is 17.4 Å². The summed E-state index contributed by atoms with van der Waals surface area (Å²) in [5.74, 6) is -0.0259. The van der Waals surface area contributed by atoms with Crippen molar-refractivity contribution in [2.24, 2.45) is 0 Å². The third-order valence-electron chi connectivity index (χ3n) is 4.81. The van der Waals surface area contributed by atoms with E-state index < -0.39 is 9.84 Å². The summed E-state index contributed by atoms with van der Waals surface area (Å²) in [5, 5.41) is 2.93. The van der Waals surface area contributed by atoms with Crippen molar-refractivity contribution in [2.45, 2.75) is 31.6 Å². The summed E-state index contributed by atoms with van der Waals surface area (Å²) in [7, 11) is -3.26. The van der Waals surface area contributed by atoms with Crippen molar-refractivity contribution in [3.05, 3.63) is 59.4 Å². The van der Waals surface area contributed by atoms with Crippen LogP contribution >= 0.6 is 0 Å². The van der Waals surface area contributed by atoms with Gasteiger partial charge < -0.3 is 9.88 Å². The molecule has 3 aromatic rings. The van der Waals surface area contributed by atoms with Crippen molar-refractivity contribution < 1.29 is 13.2 Å². The van der Waals surface area contributed by atoms with Gasteiger partial charge in [-0.1, -0.05) is 18.2 Å². The molecule has 140 valence electrons. The number of rotatable bonds is 5. The Hall–Kier alpha value is -2.67. The Morgan fingerprint density at radius 2 is 1.93 bits per heavy atom. The molecule has 1 N–H and O–H groups in total. The number of aryl methyl sites for hydroxylation is 2. The topological polar surface area (TPSA) is 81.1 Å². The van der Waals surface area contributed by atoms with Gasteiger partial charge in [0, 0.05) is 11.9 Å². The van der Waals surface area contributed by atoms with E-state index >= 15 is 0 Å². The second-order valence-corrected chi connectivity index (χ2v) is 9.20. The number of hydrogen-bond donors (Lipinski definition) is 1. The van der Waals surface area contributed by atoms with Crippen LogP contribution < -0.4 is 5.32 Å². The molecule has 1 amide bonds. The largest absolute Gasteiger partial charge is 0.325 e. The molecule has 1 aliphatic rings. The van der Waals surface area contributed by atoms with Crippen molar-refractivity contribution in [1.29, 1.82) is 0 Å². The number of nitrogens with one attached hydrogen (secondary N) is 1. The van der Waals surface area contributed by atoms with Gasteiger partial charge in [0.05, 0.1) is 11.0 Å². The van der Waals surface area contributed by atoms with Crippen LogP contribution in [0.4, 0.5) is 5.69 Å². The van der Waals surface area contributed by atoms with E-state index in [1.54, 1.807) is 4.57 Å². The maximum Gasteiger partial charge on any atom is 0.244 e. The van der Waals surface area contributed by atoms with Gasteiger partial charge >= 0.3 is 0 Å². The highest BCUT2D eigenvalue weighted by Gasteiger charge is 2.18. The molecule has 27 heavy (non-hydrogen) atoms. The first-order chi connectivity index (χ1) is 12.9. The van der Waals surface area contributed by atoms with Gasteiger partial charge in [0.15, 0.2) is 9.84 Å². The average Bonchev–Trinajstić information content (AvgIpc) is 3.18. The summed E-state index contributed by atoms with van der Waals surface area (Å²) in [5.41, 5.74) is 4.85.